The number of para-hydroxylation sites is 1. The summed E-state index contributed by atoms with van der Waals surface area (Å²) in [6.07, 6.45) is 2.73. The fraction of sp³-hybridized carbons (Fsp3) is 0.357. The monoisotopic (exact) mass is 260 g/mol. The number of amides is 1. The molecule has 1 saturated heterocycles. The van der Waals surface area contributed by atoms with Gasteiger partial charge in [-0.1, -0.05) is 18.2 Å². The highest BCUT2D eigenvalue weighted by Gasteiger charge is 2.26. The Bertz CT molecular complexity index is 521. The van der Waals surface area contributed by atoms with Crippen molar-refractivity contribution in [3.8, 4) is 0 Å². The van der Waals surface area contributed by atoms with Gasteiger partial charge in [-0.3, -0.25) is 9.63 Å². The Hall–Kier alpha value is -1.85. The van der Waals surface area contributed by atoms with E-state index in [0.29, 0.717) is 18.7 Å². The van der Waals surface area contributed by atoms with Crippen molar-refractivity contribution in [3.63, 3.8) is 0 Å². The van der Waals surface area contributed by atoms with Gasteiger partial charge in [-0.2, -0.15) is 0 Å². The molecule has 0 radical (unpaired) electrons. The standard InChI is InChI=1S/C14H16N2O3/c15-14(17)11-7-10-3-1-2-4-13(10)16(8-11)19-12-5-6-18-9-12/h1-4,7,12H,5-6,8-9H2,(H2,15,17). The molecule has 2 N–H and O–H groups in total. The molecule has 5 heteroatoms. The summed E-state index contributed by atoms with van der Waals surface area (Å²) in [5.74, 6) is -0.411. The van der Waals surface area contributed by atoms with E-state index in [0.717, 1.165) is 24.3 Å². The van der Waals surface area contributed by atoms with Crippen LogP contribution in [0.3, 0.4) is 0 Å². The van der Waals surface area contributed by atoms with E-state index in [4.69, 9.17) is 15.3 Å². The summed E-state index contributed by atoms with van der Waals surface area (Å²) in [6, 6.07) is 7.79. The first-order chi connectivity index (χ1) is 9.24. The molecule has 2 aliphatic rings. The largest absolute Gasteiger partial charge is 0.379 e. The molecule has 1 unspecified atom stereocenters. The minimum Gasteiger partial charge on any atom is -0.379 e. The van der Waals surface area contributed by atoms with Crippen molar-refractivity contribution >= 4 is 17.7 Å². The van der Waals surface area contributed by atoms with Gasteiger partial charge in [0.1, 0.15) is 6.10 Å². The van der Waals surface area contributed by atoms with Crippen LogP contribution in [0.2, 0.25) is 0 Å². The van der Waals surface area contributed by atoms with Gasteiger partial charge in [0, 0.05) is 24.2 Å². The van der Waals surface area contributed by atoms with Gasteiger partial charge in [0.2, 0.25) is 5.91 Å². The first-order valence-electron chi connectivity index (χ1n) is 6.35. The Morgan fingerprint density at radius 2 is 2.26 bits per heavy atom. The smallest absolute Gasteiger partial charge is 0.246 e. The Morgan fingerprint density at radius 1 is 1.42 bits per heavy atom. The van der Waals surface area contributed by atoms with Crippen LogP contribution in [0, 0.1) is 0 Å². The summed E-state index contributed by atoms with van der Waals surface area (Å²) in [5.41, 5.74) is 7.84. The van der Waals surface area contributed by atoms with Crippen molar-refractivity contribution in [2.75, 3.05) is 24.8 Å². The molecule has 1 aromatic rings. The lowest BCUT2D eigenvalue weighted by Crippen LogP contribution is -2.36. The highest BCUT2D eigenvalue weighted by Crippen LogP contribution is 2.29. The van der Waals surface area contributed by atoms with E-state index < -0.39 is 5.91 Å². The number of fused-ring (bicyclic) bond motifs is 1. The van der Waals surface area contributed by atoms with Gasteiger partial charge < -0.3 is 10.5 Å². The summed E-state index contributed by atoms with van der Waals surface area (Å²) in [4.78, 5) is 17.3. The number of hydrogen-bond acceptors (Lipinski definition) is 4. The van der Waals surface area contributed by atoms with Crippen molar-refractivity contribution in [3.05, 3.63) is 35.4 Å². The summed E-state index contributed by atoms with van der Waals surface area (Å²) in [6.45, 7) is 1.69. The first-order valence-corrected chi connectivity index (χ1v) is 6.35. The second-order valence-electron chi connectivity index (χ2n) is 4.72. The number of rotatable bonds is 3. The van der Waals surface area contributed by atoms with E-state index in [-0.39, 0.29) is 6.10 Å². The minimum absolute atomic E-state index is 0.0419. The molecule has 2 aliphatic heterocycles. The van der Waals surface area contributed by atoms with Crippen molar-refractivity contribution in [2.45, 2.75) is 12.5 Å². The molecule has 100 valence electrons. The van der Waals surface area contributed by atoms with Gasteiger partial charge in [0.05, 0.1) is 18.8 Å². The van der Waals surface area contributed by atoms with Crippen LogP contribution in [0.15, 0.2) is 29.8 Å². The number of anilines is 1. The van der Waals surface area contributed by atoms with E-state index in [1.165, 1.54) is 0 Å². The average Bonchev–Trinajstić information content (AvgIpc) is 2.91. The molecule has 2 heterocycles. The lowest BCUT2D eigenvalue weighted by atomic mass is 10.0. The van der Waals surface area contributed by atoms with Crippen LogP contribution < -0.4 is 10.8 Å². The third-order valence-electron chi connectivity index (χ3n) is 3.33. The molecule has 3 rings (SSSR count). The van der Waals surface area contributed by atoms with E-state index in [9.17, 15) is 4.79 Å². The van der Waals surface area contributed by atoms with Gasteiger partial charge in [-0.15, -0.1) is 0 Å². The number of ether oxygens (including phenoxy) is 1. The maximum Gasteiger partial charge on any atom is 0.246 e. The molecule has 0 saturated carbocycles. The molecule has 1 atom stereocenters. The molecule has 0 aromatic heterocycles. The van der Waals surface area contributed by atoms with E-state index in [1.54, 1.807) is 5.06 Å². The minimum atomic E-state index is -0.411. The second-order valence-corrected chi connectivity index (χ2v) is 4.72. The zero-order chi connectivity index (χ0) is 13.2. The number of hydroxylamine groups is 1. The summed E-state index contributed by atoms with van der Waals surface area (Å²) in [5, 5.41) is 1.74. The van der Waals surface area contributed by atoms with E-state index >= 15 is 0 Å². The van der Waals surface area contributed by atoms with Crippen LogP contribution in [0.5, 0.6) is 0 Å². The van der Waals surface area contributed by atoms with Crippen molar-refractivity contribution in [1.82, 2.24) is 0 Å². The molecule has 0 bridgehead atoms. The Morgan fingerprint density at radius 3 is 3.00 bits per heavy atom. The van der Waals surface area contributed by atoms with Gasteiger partial charge in [0.25, 0.3) is 0 Å². The molecule has 0 spiro atoms. The fourth-order valence-electron chi connectivity index (χ4n) is 2.33. The highest BCUT2D eigenvalue weighted by molar-refractivity contribution is 5.99. The molecule has 5 nitrogen and oxygen atoms in total. The number of nitrogens with two attached hydrogens (primary N) is 1. The third-order valence-corrected chi connectivity index (χ3v) is 3.33. The number of nitrogens with zero attached hydrogens (tertiary/aromatic N) is 1. The SMILES string of the molecule is NC(=O)C1=Cc2ccccc2N(OC2CCOC2)C1. The Labute approximate surface area is 111 Å². The summed E-state index contributed by atoms with van der Waals surface area (Å²) in [7, 11) is 0. The molecule has 1 fully saturated rings. The number of primary amides is 1. The molecule has 1 aromatic carbocycles. The van der Waals surface area contributed by atoms with Gasteiger partial charge in [-0.05, 0) is 12.1 Å². The molecule has 0 aliphatic carbocycles. The molecule has 19 heavy (non-hydrogen) atoms. The lowest BCUT2D eigenvalue weighted by Gasteiger charge is -2.31. The number of carbonyl (C=O) groups excluding carboxylic acids is 1. The quantitative estimate of drug-likeness (QED) is 0.883. The van der Waals surface area contributed by atoms with Crippen LogP contribution in [-0.2, 0) is 14.4 Å². The van der Waals surface area contributed by atoms with Crippen LogP contribution in [0.1, 0.15) is 12.0 Å². The average molecular weight is 260 g/mol. The topological polar surface area (TPSA) is 64.8 Å². The highest BCUT2D eigenvalue weighted by atomic mass is 16.7. The molecule has 1 amide bonds. The maximum absolute atomic E-state index is 11.4. The first kappa shape index (κ1) is 12.2. The zero-order valence-corrected chi connectivity index (χ0v) is 10.5. The van der Waals surface area contributed by atoms with Gasteiger partial charge in [0.15, 0.2) is 0 Å². The predicted octanol–water partition coefficient (Wildman–Crippen LogP) is 1.10. The van der Waals surface area contributed by atoms with Crippen LogP contribution in [0.4, 0.5) is 5.69 Å². The van der Waals surface area contributed by atoms with Crippen LogP contribution in [-0.4, -0.2) is 31.8 Å². The van der Waals surface area contributed by atoms with Crippen molar-refractivity contribution in [1.29, 1.82) is 0 Å². The predicted molar refractivity (Wildman–Crippen MR) is 71.3 cm³/mol. The zero-order valence-electron chi connectivity index (χ0n) is 10.5. The van der Waals surface area contributed by atoms with E-state index in [2.05, 4.69) is 0 Å². The van der Waals surface area contributed by atoms with Gasteiger partial charge >= 0.3 is 0 Å². The molecular weight excluding hydrogens is 244 g/mol. The maximum atomic E-state index is 11.4. The summed E-state index contributed by atoms with van der Waals surface area (Å²) < 4.78 is 5.30. The van der Waals surface area contributed by atoms with Gasteiger partial charge in [-0.25, -0.2) is 5.06 Å². The number of carbonyl (C=O) groups is 1. The third kappa shape index (κ3) is 2.47. The van der Waals surface area contributed by atoms with Crippen molar-refractivity contribution in [2.24, 2.45) is 5.73 Å². The lowest BCUT2D eigenvalue weighted by molar-refractivity contribution is -0.114. The summed E-state index contributed by atoms with van der Waals surface area (Å²) >= 11 is 0. The van der Waals surface area contributed by atoms with E-state index in [1.807, 2.05) is 30.3 Å². The van der Waals surface area contributed by atoms with Crippen LogP contribution in [0.25, 0.3) is 6.08 Å². The normalized spacial score (nSPS) is 22.0. The molecular formula is C14H16N2O3. The second kappa shape index (κ2) is 5.03. The Kier molecular flexibility index (Phi) is 3.23. The number of hydrogen-bond donors (Lipinski definition) is 1. The van der Waals surface area contributed by atoms with Crippen molar-refractivity contribution < 1.29 is 14.4 Å². The fourth-order valence-corrected chi connectivity index (χ4v) is 2.33. The van der Waals surface area contributed by atoms with Crippen LogP contribution >= 0.6 is 0 Å². The number of benzene rings is 1. The Balaban J connectivity index is 1.87.